The topological polar surface area (TPSA) is 72.2 Å². The van der Waals surface area contributed by atoms with Crippen molar-refractivity contribution in [1.82, 2.24) is 0 Å². The molecule has 1 aromatic rings. The highest BCUT2D eigenvalue weighted by molar-refractivity contribution is 5.92. The number of benzene rings is 1. The molecular formula is C10H9F3N2O3. The van der Waals surface area contributed by atoms with Gasteiger partial charge in [0.05, 0.1) is 10.6 Å². The third-order valence-corrected chi connectivity index (χ3v) is 2.10. The van der Waals surface area contributed by atoms with E-state index in [2.05, 4.69) is 0 Å². The maximum atomic E-state index is 13.4. The van der Waals surface area contributed by atoms with E-state index in [0.717, 1.165) is 0 Å². The molecule has 0 bridgehead atoms. The molecule has 0 radical (unpaired) electrons. The number of hydrogen-bond acceptors (Lipinski definition) is 3. The van der Waals surface area contributed by atoms with Crippen molar-refractivity contribution in [3.63, 3.8) is 0 Å². The van der Waals surface area contributed by atoms with E-state index >= 15 is 0 Å². The number of carbonyl (C=O) groups excluding carboxylic acids is 1. The summed E-state index contributed by atoms with van der Waals surface area (Å²) in [6, 6.07) is 0.372. The van der Waals surface area contributed by atoms with E-state index in [-0.39, 0.29) is 0 Å². The molecule has 0 fully saturated rings. The van der Waals surface area contributed by atoms with Gasteiger partial charge in [0.15, 0.2) is 5.82 Å². The Labute approximate surface area is 99.8 Å². The number of rotatable bonds is 3. The van der Waals surface area contributed by atoms with E-state index < -0.39 is 45.6 Å². The molecule has 0 unspecified atom stereocenters. The maximum Gasteiger partial charge on any atom is 0.343 e. The summed E-state index contributed by atoms with van der Waals surface area (Å²) < 4.78 is 39.8. The summed E-state index contributed by atoms with van der Waals surface area (Å²) >= 11 is 0. The molecule has 5 nitrogen and oxygen atoms in total. The summed E-state index contributed by atoms with van der Waals surface area (Å²) in [5.74, 6) is -6.37. The summed E-state index contributed by atoms with van der Waals surface area (Å²) in [5, 5.41) is 12.2. The second-order valence-corrected chi connectivity index (χ2v) is 3.78. The van der Waals surface area contributed by atoms with Gasteiger partial charge in [-0.05, 0) is 0 Å². The monoisotopic (exact) mass is 262 g/mol. The van der Waals surface area contributed by atoms with Gasteiger partial charge in [0.2, 0.25) is 17.5 Å². The first-order chi connectivity index (χ1) is 8.25. The van der Waals surface area contributed by atoms with Gasteiger partial charge in [0, 0.05) is 12.0 Å². The van der Waals surface area contributed by atoms with Gasteiger partial charge < -0.3 is 5.32 Å². The van der Waals surface area contributed by atoms with Crippen LogP contribution in [-0.2, 0) is 4.79 Å². The van der Waals surface area contributed by atoms with Crippen LogP contribution in [0.1, 0.15) is 13.8 Å². The van der Waals surface area contributed by atoms with Gasteiger partial charge in [-0.2, -0.15) is 8.78 Å². The summed E-state index contributed by atoms with van der Waals surface area (Å²) in [7, 11) is 0. The molecule has 0 aromatic heterocycles. The number of nitrogens with zero attached hydrogens (tertiary/aromatic N) is 1. The third kappa shape index (κ3) is 2.58. The Bertz CT molecular complexity index is 518. The molecule has 1 N–H and O–H groups in total. The van der Waals surface area contributed by atoms with Crippen LogP contribution in [0.15, 0.2) is 6.07 Å². The zero-order valence-corrected chi connectivity index (χ0v) is 9.46. The van der Waals surface area contributed by atoms with Gasteiger partial charge in [0.1, 0.15) is 0 Å². The predicted octanol–water partition coefficient (Wildman–Crippen LogP) is 2.61. The first kappa shape index (κ1) is 13.9. The fourth-order valence-corrected chi connectivity index (χ4v) is 1.12. The molecule has 0 aliphatic rings. The van der Waals surface area contributed by atoms with Crippen molar-refractivity contribution in [2.45, 2.75) is 13.8 Å². The van der Waals surface area contributed by atoms with Gasteiger partial charge in [-0.3, -0.25) is 14.9 Å². The van der Waals surface area contributed by atoms with E-state index in [1.54, 1.807) is 0 Å². The highest BCUT2D eigenvalue weighted by Gasteiger charge is 2.28. The summed E-state index contributed by atoms with van der Waals surface area (Å²) in [5.41, 5.74) is -2.36. The fourth-order valence-electron chi connectivity index (χ4n) is 1.12. The number of halogens is 3. The smallest absolute Gasteiger partial charge is 0.323 e. The molecule has 98 valence electrons. The Kier molecular flexibility index (Phi) is 3.89. The van der Waals surface area contributed by atoms with Crippen LogP contribution in [0.25, 0.3) is 0 Å². The highest BCUT2D eigenvalue weighted by Crippen LogP contribution is 2.29. The van der Waals surface area contributed by atoms with Crippen molar-refractivity contribution in [2.75, 3.05) is 5.32 Å². The first-order valence-electron chi connectivity index (χ1n) is 4.88. The Balaban J connectivity index is 3.26. The molecule has 1 rings (SSSR count). The van der Waals surface area contributed by atoms with Crippen LogP contribution in [0.4, 0.5) is 24.5 Å². The average Bonchev–Trinajstić information content (AvgIpc) is 2.24. The highest BCUT2D eigenvalue weighted by atomic mass is 19.2. The zero-order valence-electron chi connectivity index (χ0n) is 9.46. The maximum absolute atomic E-state index is 13.4. The molecule has 0 aliphatic carbocycles. The van der Waals surface area contributed by atoms with Crippen LogP contribution < -0.4 is 5.32 Å². The fraction of sp³-hybridized carbons (Fsp3) is 0.300. The minimum Gasteiger partial charge on any atom is -0.323 e. The van der Waals surface area contributed by atoms with Gasteiger partial charge in [-0.15, -0.1) is 0 Å². The molecular weight excluding hydrogens is 253 g/mol. The Hall–Kier alpha value is -2.12. The molecule has 0 atom stereocenters. The van der Waals surface area contributed by atoms with Gasteiger partial charge in [-0.25, -0.2) is 4.39 Å². The summed E-state index contributed by atoms with van der Waals surface area (Å²) in [6.45, 7) is 2.98. The lowest BCUT2D eigenvalue weighted by atomic mass is 10.2. The zero-order chi connectivity index (χ0) is 14.0. The molecule has 0 heterocycles. The minimum atomic E-state index is -1.95. The standard InChI is InChI=1S/C10H9F3N2O3/c1-4(2)10(16)14-6-3-5(11)9(15(17)18)8(13)7(6)12/h3-4H,1-2H3,(H,14,16). The molecule has 1 amide bonds. The third-order valence-electron chi connectivity index (χ3n) is 2.10. The minimum absolute atomic E-state index is 0.372. The molecule has 8 heteroatoms. The SMILES string of the molecule is CC(C)C(=O)Nc1cc(F)c([N+](=O)[O-])c(F)c1F. The van der Waals surface area contributed by atoms with Crippen molar-refractivity contribution < 1.29 is 22.9 Å². The van der Waals surface area contributed by atoms with Crippen LogP contribution in [-0.4, -0.2) is 10.8 Å². The van der Waals surface area contributed by atoms with Crippen LogP contribution in [0.2, 0.25) is 0 Å². The van der Waals surface area contributed by atoms with Gasteiger partial charge in [-0.1, -0.05) is 13.8 Å². The molecule has 0 saturated carbocycles. The van der Waals surface area contributed by atoms with E-state index in [1.807, 2.05) is 5.32 Å². The summed E-state index contributed by atoms with van der Waals surface area (Å²) in [4.78, 5) is 20.2. The van der Waals surface area contributed by atoms with Crippen LogP contribution in [0.5, 0.6) is 0 Å². The lowest BCUT2D eigenvalue weighted by Crippen LogP contribution is -2.19. The molecule has 1 aromatic carbocycles. The molecule has 0 aliphatic heterocycles. The normalized spacial score (nSPS) is 10.6. The van der Waals surface area contributed by atoms with E-state index in [1.165, 1.54) is 13.8 Å². The molecule has 18 heavy (non-hydrogen) atoms. The number of nitro groups is 1. The average molecular weight is 262 g/mol. The quantitative estimate of drug-likeness (QED) is 0.517. The number of carbonyl (C=O) groups is 1. The lowest BCUT2D eigenvalue weighted by Gasteiger charge is -2.09. The van der Waals surface area contributed by atoms with Crippen molar-refractivity contribution in [1.29, 1.82) is 0 Å². The van der Waals surface area contributed by atoms with Crippen molar-refractivity contribution in [2.24, 2.45) is 5.92 Å². The van der Waals surface area contributed by atoms with E-state index in [4.69, 9.17) is 0 Å². The Morgan fingerprint density at radius 2 is 1.89 bits per heavy atom. The van der Waals surface area contributed by atoms with E-state index in [9.17, 15) is 28.1 Å². The predicted molar refractivity (Wildman–Crippen MR) is 56.4 cm³/mol. The second-order valence-electron chi connectivity index (χ2n) is 3.78. The number of nitrogens with one attached hydrogen (secondary N) is 1. The summed E-state index contributed by atoms with van der Waals surface area (Å²) in [6.07, 6.45) is 0. The van der Waals surface area contributed by atoms with Crippen LogP contribution in [0.3, 0.4) is 0 Å². The van der Waals surface area contributed by atoms with Crippen LogP contribution >= 0.6 is 0 Å². The van der Waals surface area contributed by atoms with Crippen molar-refractivity contribution >= 4 is 17.3 Å². The van der Waals surface area contributed by atoms with Crippen molar-refractivity contribution in [3.8, 4) is 0 Å². The second kappa shape index (κ2) is 5.03. The lowest BCUT2D eigenvalue weighted by molar-refractivity contribution is -0.390. The van der Waals surface area contributed by atoms with Crippen LogP contribution in [0, 0.1) is 33.5 Å². The van der Waals surface area contributed by atoms with E-state index in [0.29, 0.717) is 6.07 Å². The number of anilines is 1. The number of nitro benzene ring substituents is 1. The van der Waals surface area contributed by atoms with Gasteiger partial charge in [0.25, 0.3) is 0 Å². The van der Waals surface area contributed by atoms with Gasteiger partial charge >= 0.3 is 5.69 Å². The largest absolute Gasteiger partial charge is 0.343 e. The number of hydrogen-bond donors (Lipinski definition) is 1. The molecule has 0 saturated heterocycles. The number of amides is 1. The Morgan fingerprint density at radius 3 is 2.33 bits per heavy atom. The first-order valence-corrected chi connectivity index (χ1v) is 4.88. The molecule has 0 spiro atoms. The van der Waals surface area contributed by atoms with Crippen molar-refractivity contribution in [3.05, 3.63) is 33.6 Å². The Morgan fingerprint density at radius 1 is 1.33 bits per heavy atom.